The monoisotopic (exact) mass is 361 g/mol. The van der Waals surface area contributed by atoms with Crippen LogP contribution in [0.1, 0.15) is 11.3 Å². The van der Waals surface area contributed by atoms with Crippen LogP contribution in [0.15, 0.2) is 30.7 Å². The van der Waals surface area contributed by atoms with E-state index < -0.39 is 0 Å². The molecule has 3 aliphatic rings. The minimum atomic E-state index is 0.447. The topological polar surface area (TPSA) is 47.1 Å². The van der Waals surface area contributed by atoms with E-state index in [1.54, 1.807) is 11.3 Å². The van der Waals surface area contributed by atoms with E-state index in [4.69, 9.17) is 4.98 Å². The average Bonchev–Trinajstić information content (AvgIpc) is 3.24. The number of imidazole rings is 1. The number of benzene rings is 1. The summed E-state index contributed by atoms with van der Waals surface area (Å²) in [7, 11) is 1.98. The fourth-order valence-corrected chi connectivity index (χ4v) is 6.66. The molecule has 3 fully saturated rings. The van der Waals surface area contributed by atoms with Gasteiger partial charge in [-0.25, -0.2) is 4.98 Å². The maximum atomic E-state index is 5.04. The smallest absolute Gasteiger partial charge is 0.194 e. The number of nitrogens with zero attached hydrogens (tertiary/aromatic N) is 4. The van der Waals surface area contributed by atoms with Crippen LogP contribution in [0.5, 0.6) is 0 Å². The number of rotatable bonds is 2. The van der Waals surface area contributed by atoms with E-state index in [9.17, 15) is 0 Å². The number of nitrogens with one attached hydrogen (secondary N) is 1. The number of piperidine rings is 2. The molecule has 5 nitrogen and oxygen atoms in total. The number of aryl methyl sites for hydroxylation is 2. The molecule has 2 unspecified atom stereocenters. The first-order valence-electron chi connectivity index (χ1n) is 9.30. The second-order valence-electron chi connectivity index (χ2n) is 8.28. The molecule has 26 heavy (non-hydrogen) atoms. The van der Waals surface area contributed by atoms with Gasteiger partial charge in [0, 0.05) is 36.4 Å². The van der Waals surface area contributed by atoms with Crippen molar-refractivity contribution in [3.8, 4) is 10.4 Å². The van der Waals surface area contributed by atoms with Crippen molar-refractivity contribution in [1.29, 1.82) is 0 Å². The Bertz CT molecular complexity index is 1170. The summed E-state index contributed by atoms with van der Waals surface area (Å²) in [6, 6.07) is 4.49. The van der Waals surface area contributed by atoms with E-state index in [-0.39, 0.29) is 0 Å². The van der Waals surface area contributed by atoms with E-state index >= 15 is 0 Å². The summed E-state index contributed by atoms with van der Waals surface area (Å²) in [4.78, 5) is 7.44. The number of thiazole rings is 1. The average molecular weight is 361 g/mol. The fraction of sp³-hybridized carbons (Fsp3) is 0.400. The lowest BCUT2D eigenvalue weighted by atomic mass is 9.90. The van der Waals surface area contributed by atoms with Gasteiger partial charge in [-0.3, -0.25) is 9.08 Å². The van der Waals surface area contributed by atoms with Crippen LogP contribution in [0.2, 0.25) is 0 Å². The summed E-state index contributed by atoms with van der Waals surface area (Å²) >= 11 is 1.79. The Morgan fingerprint density at radius 3 is 2.81 bits per heavy atom. The molecule has 4 aromatic rings. The Kier molecular flexibility index (Phi) is 2.26. The Labute approximate surface area is 154 Å². The standard InChI is InChI=1S/C20H19N5S/c1-10-3-11(4-12-7-24(2)23-18(10)12)15-8-25-9-16(22-19(25)26-15)20-13-5-21-6-14(20)17(13)20/h3-4,7-9,13-14,17,21H,5-6H2,1-2H3/t13-,14+,17?,20?. The lowest BCUT2D eigenvalue weighted by Crippen LogP contribution is -2.38. The highest BCUT2D eigenvalue weighted by molar-refractivity contribution is 7.20. The predicted octanol–water partition coefficient (Wildman–Crippen LogP) is 2.97. The molecule has 3 aromatic heterocycles. The molecule has 2 aliphatic carbocycles. The third kappa shape index (κ3) is 1.48. The van der Waals surface area contributed by atoms with Crippen molar-refractivity contribution in [1.82, 2.24) is 24.5 Å². The highest BCUT2D eigenvalue weighted by atomic mass is 32.1. The first-order chi connectivity index (χ1) is 12.7. The van der Waals surface area contributed by atoms with Crippen molar-refractivity contribution in [2.45, 2.75) is 12.3 Å². The molecular formula is C20H19N5S. The molecule has 0 spiro atoms. The maximum Gasteiger partial charge on any atom is 0.194 e. The van der Waals surface area contributed by atoms with Gasteiger partial charge in [-0.15, -0.1) is 0 Å². The minimum Gasteiger partial charge on any atom is -0.316 e. The summed E-state index contributed by atoms with van der Waals surface area (Å²) in [5.74, 6) is 2.62. The van der Waals surface area contributed by atoms with E-state index in [1.165, 1.54) is 40.2 Å². The molecule has 2 saturated carbocycles. The molecule has 7 rings (SSSR count). The van der Waals surface area contributed by atoms with Crippen molar-refractivity contribution < 1.29 is 0 Å². The molecule has 1 saturated heterocycles. The van der Waals surface area contributed by atoms with Crippen LogP contribution in [0.4, 0.5) is 0 Å². The van der Waals surface area contributed by atoms with Gasteiger partial charge >= 0.3 is 0 Å². The van der Waals surface area contributed by atoms with Gasteiger partial charge in [-0.2, -0.15) is 5.10 Å². The quantitative estimate of drug-likeness (QED) is 0.597. The lowest BCUT2D eigenvalue weighted by molar-refractivity contribution is 0.333. The van der Waals surface area contributed by atoms with Gasteiger partial charge in [0.15, 0.2) is 4.96 Å². The van der Waals surface area contributed by atoms with Crippen LogP contribution < -0.4 is 5.32 Å². The fourth-order valence-electron chi connectivity index (χ4n) is 5.71. The van der Waals surface area contributed by atoms with Gasteiger partial charge in [0.2, 0.25) is 0 Å². The van der Waals surface area contributed by atoms with Gasteiger partial charge < -0.3 is 5.32 Å². The maximum absolute atomic E-state index is 5.04. The Morgan fingerprint density at radius 1 is 1.19 bits per heavy atom. The third-order valence-electron chi connectivity index (χ3n) is 6.95. The molecule has 0 radical (unpaired) electrons. The van der Waals surface area contributed by atoms with Gasteiger partial charge in [0.1, 0.15) is 0 Å². The third-order valence-corrected chi connectivity index (χ3v) is 8.00. The van der Waals surface area contributed by atoms with Crippen molar-refractivity contribution >= 4 is 27.2 Å². The number of hydrogen-bond acceptors (Lipinski definition) is 4. The Hall–Kier alpha value is -2.18. The molecular weight excluding hydrogens is 342 g/mol. The lowest BCUT2D eigenvalue weighted by Gasteiger charge is -2.24. The van der Waals surface area contributed by atoms with Crippen LogP contribution >= 0.6 is 11.3 Å². The van der Waals surface area contributed by atoms with E-state index in [2.05, 4.69) is 52.5 Å². The summed E-state index contributed by atoms with van der Waals surface area (Å²) in [5.41, 5.74) is 5.36. The molecule has 1 aliphatic heterocycles. The summed E-state index contributed by atoms with van der Waals surface area (Å²) in [6.07, 6.45) is 6.63. The molecule has 1 aromatic carbocycles. The zero-order valence-corrected chi connectivity index (χ0v) is 15.5. The van der Waals surface area contributed by atoms with Gasteiger partial charge in [0.05, 0.1) is 16.1 Å². The Morgan fingerprint density at radius 2 is 2.04 bits per heavy atom. The van der Waals surface area contributed by atoms with Crippen molar-refractivity contribution in [2.75, 3.05) is 13.1 Å². The largest absolute Gasteiger partial charge is 0.316 e. The zero-order chi connectivity index (χ0) is 17.2. The summed E-state index contributed by atoms with van der Waals surface area (Å²) in [5, 5.41) is 9.30. The molecule has 6 heteroatoms. The van der Waals surface area contributed by atoms with Crippen LogP contribution in [0.25, 0.3) is 26.3 Å². The highest BCUT2D eigenvalue weighted by Crippen LogP contribution is 2.84. The van der Waals surface area contributed by atoms with Crippen LogP contribution in [-0.4, -0.2) is 32.3 Å². The van der Waals surface area contributed by atoms with Gasteiger partial charge in [-0.1, -0.05) is 11.3 Å². The van der Waals surface area contributed by atoms with Crippen LogP contribution in [0, 0.1) is 24.7 Å². The molecule has 130 valence electrons. The van der Waals surface area contributed by atoms with Crippen molar-refractivity contribution in [2.24, 2.45) is 24.8 Å². The predicted molar refractivity (Wildman–Crippen MR) is 103 cm³/mol. The van der Waals surface area contributed by atoms with Gasteiger partial charge in [-0.05, 0) is 61.0 Å². The van der Waals surface area contributed by atoms with Crippen molar-refractivity contribution in [3.05, 3.63) is 42.0 Å². The number of aromatic nitrogens is 4. The minimum absolute atomic E-state index is 0.447. The molecule has 4 atom stereocenters. The molecule has 0 amide bonds. The van der Waals surface area contributed by atoms with E-state index in [1.807, 2.05) is 11.7 Å². The SMILES string of the molecule is Cc1cc(-c2cn3cc(C45C6[C@H]4CNC[C@@H]65)nc3s2)cc2cn(C)nc12. The van der Waals surface area contributed by atoms with Crippen LogP contribution in [0.3, 0.4) is 0 Å². The molecule has 1 N–H and O–H groups in total. The first-order valence-corrected chi connectivity index (χ1v) is 10.1. The van der Waals surface area contributed by atoms with Crippen molar-refractivity contribution in [3.63, 3.8) is 0 Å². The normalized spacial score (nSPS) is 31.5. The number of hydrogen-bond donors (Lipinski definition) is 1. The molecule has 4 heterocycles. The first kappa shape index (κ1) is 13.9. The molecule has 0 bridgehead atoms. The van der Waals surface area contributed by atoms with E-state index in [0.717, 1.165) is 28.2 Å². The second-order valence-corrected chi connectivity index (χ2v) is 9.28. The van der Waals surface area contributed by atoms with Gasteiger partial charge in [0.25, 0.3) is 0 Å². The van der Waals surface area contributed by atoms with Crippen LogP contribution in [-0.2, 0) is 12.5 Å². The second kappa shape index (κ2) is 4.21. The Balaban J connectivity index is 1.31. The number of fused-ring (bicyclic) bond motifs is 4. The highest BCUT2D eigenvalue weighted by Gasteiger charge is 2.88. The van der Waals surface area contributed by atoms with E-state index in [0.29, 0.717) is 5.41 Å². The zero-order valence-electron chi connectivity index (χ0n) is 14.7. The summed E-state index contributed by atoms with van der Waals surface area (Å²) in [6.45, 7) is 4.51. The summed E-state index contributed by atoms with van der Waals surface area (Å²) < 4.78 is 4.13.